The summed E-state index contributed by atoms with van der Waals surface area (Å²) >= 11 is 0. The van der Waals surface area contributed by atoms with E-state index >= 15 is 0 Å². The molecule has 4 rings (SSSR count). The maximum Gasteiger partial charge on any atom is 0.522 e. The summed E-state index contributed by atoms with van der Waals surface area (Å²) in [5, 5.41) is 22.6. The second-order valence-electron chi connectivity index (χ2n) is 6.68. The number of nitrogens with one attached hydrogen (secondary N) is 1. The number of nitrogens with zero attached hydrogens (tertiary/aromatic N) is 1. The summed E-state index contributed by atoms with van der Waals surface area (Å²) < 4.78 is 11.3. The van der Waals surface area contributed by atoms with Gasteiger partial charge in [0.15, 0.2) is 0 Å². The second-order valence-corrected chi connectivity index (χ2v) is 6.68. The Morgan fingerprint density at radius 1 is 1.42 bits per heavy atom. The number of carboxylic acids is 1. The van der Waals surface area contributed by atoms with E-state index in [0.717, 1.165) is 38.2 Å². The number of carbonyl (C=O) groups is 1. The molecule has 8 heteroatoms. The Morgan fingerprint density at radius 3 is 2.96 bits per heavy atom. The zero-order valence-electron chi connectivity index (χ0n) is 13.4. The van der Waals surface area contributed by atoms with Crippen molar-refractivity contribution in [2.75, 3.05) is 26.2 Å². The summed E-state index contributed by atoms with van der Waals surface area (Å²) in [6, 6.07) is 4.11. The molecule has 3 N–H and O–H groups in total. The van der Waals surface area contributed by atoms with Crippen LogP contribution in [0.25, 0.3) is 0 Å². The van der Waals surface area contributed by atoms with Crippen LogP contribution in [0.4, 0.5) is 0 Å². The van der Waals surface area contributed by atoms with Crippen molar-refractivity contribution in [1.82, 2.24) is 10.2 Å². The van der Waals surface area contributed by atoms with Crippen molar-refractivity contribution in [3.05, 3.63) is 23.3 Å². The molecule has 0 unspecified atom stereocenters. The first-order valence-electron chi connectivity index (χ1n) is 8.47. The summed E-state index contributed by atoms with van der Waals surface area (Å²) in [6.45, 7) is 3.69. The van der Waals surface area contributed by atoms with Crippen LogP contribution < -0.4 is 14.7 Å². The second kappa shape index (κ2) is 6.27. The Morgan fingerprint density at radius 2 is 2.25 bits per heavy atom. The molecule has 0 aromatic heterocycles. The molecule has 3 aliphatic rings. The molecule has 2 fully saturated rings. The van der Waals surface area contributed by atoms with E-state index in [9.17, 15) is 14.9 Å². The van der Waals surface area contributed by atoms with Gasteiger partial charge >= 0.3 is 13.1 Å². The lowest BCUT2D eigenvalue weighted by Crippen LogP contribution is -2.58. The first-order valence-corrected chi connectivity index (χ1v) is 8.47. The summed E-state index contributed by atoms with van der Waals surface area (Å²) in [4.78, 5) is 14.1. The fourth-order valence-electron chi connectivity index (χ4n) is 3.69. The van der Waals surface area contributed by atoms with Crippen molar-refractivity contribution in [1.29, 1.82) is 0 Å². The minimum absolute atomic E-state index is 0.00439. The molecule has 0 saturated carbocycles. The van der Waals surface area contributed by atoms with E-state index in [1.54, 1.807) is 6.07 Å². The zero-order chi connectivity index (χ0) is 16.7. The molecular weight excluding hydrogens is 311 g/mol. The lowest BCUT2D eigenvalue weighted by atomic mass is 9.78. The van der Waals surface area contributed by atoms with E-state index in [-0.39, 0.29) is 17.4 Å². The van der Waals surface area contributed by atoms with Crippen molar-refractivity contribution in [2.24, 2.45) is 0 Å². The fraction of sp³-hybridized carbons (Fsp3) is 0.562. The number of benzene rings is 1. The average molecular weight is 332 g/mol. The van der Waals surface area contributed by atoms with Gasteiger partial charge in [0.25, 0.3) is 0 Å². The van der Waals surface area contributed by atoms with Crippen molar-refractivity contribution in [3.8, 4) is 11.5 Å². The normalized spacial score (nSPS) is 24.2. The third kappa shape index (κ3) is 2.85. The van der Waals surface area contributed by atoms with Crippen LogP contribution in [-0.2, 0) is 6.42 Å². The highest BCUT2D eigenvalue weighted by molar-refractivity contribution is 6.44. The molecule has 0 spiro atoms. The van der Waals surface area contributed by atoms with E-state index in [1.165, 1.54) is 0 Å². The number of ether oxygens (including phenoxy) is 1. The molecule has 3 heterocycles. The Hall–Kier alpha value is -1.77. The maximum atomic E-state index is 11.7. The lowest BCUT2D eigenvalue weighted by Gasteiger charge is -2.42. The van der Waals surface area contributed by atoms with Crippen molar-refractivity contribution < 1.29 is 24.3 Å². The SMILES string of the molecule is O=C(O)c1c(OC2CN([C@H]3CCNC3)C2)ccc2c1OB(O)CC2. The molecule has 1 aromatic rings. The van der Waals surface area contributed by atoms with Gasteiger partial charge in [0.05, 0.1) is 0 Å². The van der Waals surface area contributed by atoms with Crippen molar-refractivity contribution >= 4 is 13.1 Å². The van der Waals surface area contributed by atoms with Gasteiger partial charge in [-0.2, -0.15) is 0 Å². The van der Waals surface area contributed by atoms with Crippen LogP contribution in [0.2, 0.25) is 6.32 Å². The Balaban J connectivity index is 1.49. The number of hydrogen-bond donors (Lipinski definition) is 3. The minimum atomic E-state index is -1.09. The number of fused-ring (bicyclic) bond motifs is 1. The molecule has 1 atom stereocenters. The summed E-state index contributed by atoms with van der Waals surface area (Å²) in [6.07, 6.45) is 2.22. The third-order valence-electron chi connectivity index (χ3n) is 5.05. The minimum Gasteiger partial charge on any atom is -0.535 e. The van der Waals surface area contributed by atoms with Gasteiger partial charge in [-0.15, -0.1) is 0 Å². The highest BCUT2D eigenvalue weighted by atomic mass is 16.5. The van der Waals surface area contributed by atoms with E-state index in [0.29, 0.717) is 24.5 Å². The van der Waals surface area contributed by atoms with Crippen molar-refractivity contribution in [2.45, 2.75) is 31.3 Å². The molecule has 2 saturated heterocycles. The lowest BCUT2D eigenvalue weighted by molar-refractivity contribution is -0.00475. The van der Waals surface area contributed by atoms with E-state index in [1.807, 2.05) is 6.07 Å². The van der Waals surface area contributed by atoms with E-state index in [4.69, 9.17) is 9.39 Å². The number of carboxylic acid groups (broad SMARTS) is 1. The Labute approximate surface area is 140 Å². The predicted molar refractivity (Wildman–Crippen MR) is 87.8 cm³/mol. The summed E-state index contributed by atoms with van der Waals surface area (Å²) in [5.41, 5.74) is 0.824. The smallest absolute Gasteiger partial charge is 0.522 e. The number of aryl methyl sites for hydroxylation is 1. The van der Waals surface area contributed by atoms with Crippen LogP contribution in [-0.4, -0.2) is 66.4 Å². The van der Waals surface area contributed by atoms with Crippen LogP contribution in [0.3, 0.4) is 0 Å². The van der Waals surface area contributed by atoms with Crippen LogP contribution in [0.1, 0.15) is 22.3 Å². The highest BCUT2D eigenvalue weighted by Crippen LogP contribution is 2.37. The summed E-state index contributed by atoms with van der Waals surface area (Å²) in [7, 11) is -0.958. The molecule has 24 heavy (non-hydrogen) atoms. The molecule has 1 aromatic carbocycles. The standard InChI is InChI=1S/C16H21BN2O5/c20-16(21)14-13(2-1-10-3-5-17(22)24-15(10)14)23-12-8-19(9-12)11-4-6-18-7-11/h1-2,11-12,18,22H,3-9H2,(H,20,21)/t11-/m0/s1. The number of aromatic carboxylic acids is 1. The van der Waals surface area contributed by atoms with Gasteiger partial charge in [-0.1, -0.05) is 6.07 Å². The van der Waals surface area contributed by atoms with Gasteiger partial charge in [0, 0.05) is 25.7 Å². The van der Waals surface area contributed by atoms with Crippen LogP contribution in [0, 0.1) is 0 Å². The van der Waals surface area contributed by atoms with Crippen LogP contribution in [0.15, 0.2) is 12.1 Å². The van der Waals surface area contributed by atoms with Gasteiger partial charge in [0.1, 0.15) is 23.2 Å². The molecule has 3 aliphatic heterocycles. The molecule has 128 valence electrons. The van der Waals surface area contributed by atoms with Gasteiger partial charge in [-0.25, -0.2) is 4.79 Å². The van der Waals surface area contributed by atoms with Gasteiger partial charge < -0.3 is 24.8 Å². The van der Waals surface area contributed by atoms with Gasteiger partial charge in [0.2, 0.25) is 0 Å². The maximum absolute atomic E-state index is 11.7. The van der Waals surface area contributed by atoms with E-state index in [2.05, 4.69) is 10.2 Å². The van der Waals surface area contributed by atoms with Crippen LogP contribution in [0.5, 0.6) is 11.5 Å². The fourth-order valence-corrected chi connectivity index (χ4v) is 3.69. The summed E-state index contributed by atoms with van der Waals surface area (Å²) in [5.74, 6) is -0.522. The predicted octanol–water partition coefficient (Wildman–Crippen LogP) is 0.225. The molecule has 0 bridgehead atoms. The third-order valence-corrected chi connectivity index (χ3v) is 5.05. The Bertz CT molecular complexity index is 644. The van der Waals surface area contributed by atoms with Gasteiger partial charge in [-0.3, -0.25) is 4.90 Å². The Kier molecular flexibility index (Phi) is 4.11. The van der Waals surface area contributed by atoms with Crippen molar-refractivity contribution in [3.63, 3.8) is 0 Å². The molecule has 0 amide bonds. The molecule has 0 aliphatic carbocycles. The largest absolute Gasteiger partial charge is 0.535 e. The number of likely N-dealkylation sites (tertiary alicyclic amines) is 1. The molecule has 7 nitrogen and oxygen atoms in total. The first kappa shape index (κ1) is 15.7. The quantitative estimate of drug-likeness (QED) is 0.680. The number of rotatable bonds is 4. The van der Waals surface area contributed by atoms with Gasteiger partial charge in [-0.05, 0) is 37.3 Å². The van der Waals surface area contributed by atoms with Crippen LogP contribution >= 0.6 is 0 Å². The molecular formula is C16H21BN2O5. The topological polar surface area (TPSA) is 91.3 Å². The average Bonchev–Trinajstić information content (AvgIpc) is 3.03. The highest BCUT2D eigenvalue weighted by Gasteiger charge is 2.36. The van der Waals surface area contributed by atoms with E-state index < -0.39 is 13.1 Å². The monoisotopic (exact) mass is 332 g/mol. The first-order chi connectivity index (χ1) is 11.6. The zero-order valence-corrected chi connectivity index (χ0v) is 13.4. The number of hydrogen-bond acceptors (Lipinski definition) is 6. The molecule has 0 radical (unpaired) electrons.